The molecular formula is C12H7Cl2N3O5. The number of urea groups is 1. The molecule has 0 aromatic heterocycles. The fourth-order valence-electron chi connectivity index (χ4n) is 2.52. The highest BCUT2D eigenvalue weighted by atomic mass is 35.5. The predicted octanol–water partition coefficient (Wildman–Crippen LogP) is 0.115. The molecule has 114 valence electrons. The van der Waals surface area contributed by atoms with Crippen molar-refractivity contribution in [1.29, 1.82) is 0 Å². The molecule has 0 bridgehead atoms. The number of rotatable bonds is 1. The van der Waals surface area contributed by atoms with E-state index >= 15 is 0 Å². The van der Waals surface area contributed by atoms with E-state index in [4.69, 9.17) is 23.2 Å². The fourth-order valence-corrected chi connectivity index (χ4v) is 3.06. The molecule has 0 unspecified atom stereocenters. The zero-order valence-electron chi connectivity index (χ0n) is 10.6. The van der Waals surface area contributed by atoms with E-state index in [0.717, 1.165) is 0 Å². The van der Waals surface area contributed by atoms with Crippen molar-refractivity contribution < 1.29 is 24.3 Å². The highest BCUT2D eigenvalue weighted by molar-refractivity contribution is 6.38. The molecular weight excluding hydrogens is 337 g/mol. The van der Waals surface area contributed by atoms with Crippen LogP contribution in [0, 0.1) is 5.92 Å². The van der Waals surface area contributed by atoms with Gasteiger partial charge in [0.25, 0.3) is 5.91 Å². The number of carbonyl (C=O) groups is 4. The number of carbonyl (C=O) groups excluding carboxylic acids is 4. The lowest BCUT2D eigenvalue weighted by Gasteiger charge is -2.31. The second kappa shape index (κ2) is 4.67. The molecule has 4 N–H and O–H groups in total. The van der Waals surface area contributed by atoms with E-state index < -0.39 is 35.3 Å². The van der Waals surface area contributed by atoms with E-state index in [1.807, 2.05) is 10.6 Å². The number of halogens is 2. The first-order valence-electron chi connectivity index (χ1n) is 5.94. The number of aliphatic hydroxyl groups is 1. The molecule has 1 fully saturated rings. The molecule has 10 heteroatoms. The highest BCUT2D eigenvalue weighted by Gasteiger charge is 2.59. The summed E-state index contributed by atoms with van der Waals surface area (Å²) in [5, 5.41) is 16.9. The number of nitrogens with one attached hydrogen (secondary N) is 3. The van der Waals surface area contributed by atoms with Crippen molar-refractivity contribution in [3.63, 3.8) is 0 Å². The first-order valence-corrected chi connectivity index (χ1v) is 6.69. The number of fused-ring (bicyclic) bond motifs is 1. The second-order valence-electron chi connectivity index (χ2n) is 4.77. The molecule has 2 aliphatic heterocycles. The summed E-state index contributed by atoms with van der Waals surface area (Å²) in [5.74, 6) is -5.08. The molecule has 0 aliphatic carbocycles. The average Bonchev–Trinajstić information content (AvgIpc) is 2.63. The third-order valence-corrected chi connectivity index (χ3v) is 3.98. The van der Waals surface area contributed by atoms with Crippen molar-refractivity contribution in [2.24, 2.45) is 5.92 Å². The summed E-state index contributed by atoms with van der Waals surface area (Å²) in [6.45, 7) is 0. The molecule has 0 saturated carbocycles. The van der Waals surface area contributed by atoms with Gasteiger partial charge in [0.05, 0.1) is 10.7 Å². The quantitative estimate of drug-likeness (QED) is 0.539. The van der Waals surface area contributed by atoms with Gasteiger partial charge < -0.3 is 10.4 Å². The smallest absolute Gasteiger partial charge is 0.328 e. The standard InChI is InChI=1S/C12H7Cl2N3O5/c13-3-1-4-7(5(14)2-3)15-10(20)12(4,22)6-8(18)16-11(21)17-9(6)19/h1-2,6,22H,(H,15,20)(H2,16,17,18,19,21)/t12-/m1/s1. The number of hydrogen-bond acceptors (Lipinski definition) is 5. The Hall–Kier alpha value is -2.16. The Labute approximate surface area is 132 Å². The van der Waals surface area contributed by atoms with Crippen molar-refractivity contribution in [1.82, 2.24) is 10.6 Å². The van der Waals surface area contributed by atoms with Crippen LogP contribution in [-0.2, 0) is 20.0 Å². The number of benzene rings is 1. The largest absolute Gasteiger partial charge is 0.374 e. The van der Waals surface area contributed by atoms with Gasteiger partial charge >= 0.3 is 6.03 Å². The molecule has 1 aromatic carbocycles. The van der Waals surface area contributed by atoms with Crippen LogP contribution in [0.25, 0.3) is 0 Å². The van der Waals surface area contributed by atoms with Crippen LogP contribution in [0.3, 0.4) is 0 Å². The Balaban J connectivity index is 2.19. The second-order valence-corrected chi connectivity index (χ2v) is 5.61. The molecule has 5 amide bonds. The number of hydrogen-bond donors (Lipinski definition) is 4. The van der Waals surface area contributed by atoms with E-state index in [2.05, 4.69) is 5.32 Å². The van der Waals surface area contributed by atoms with Crippen molar-refractivity contribution in [3.05, 3.63) is 27.7 Å². The summed E-state index contributed by atoms with van der Waals surface area (Å²) >= 11 is 11.8. The van der Waals surface area contributed by atoms with Gasteiger partial charge in [-0.25, -0.2) is 4.79 Å². The maximum atomic E-state index is 12.2. The van der Waals surface area contributed by atoms with Gasteiger partial charge in [0.1, 0.15) is 0 Å². The summed E-state index contributed by atoms with van der Waals surface area (Å²) in [4.78, 5) is 47.1. The van der Waals surface area contributed by atoms with Gasteiger partial charge in [-0.2, -0.15) is 0 Å². The Kier molecular flexibility index (Phi) is 3.13. The van der Waals surface area contributed by atoms with E-state index in [1.165, 1.54) is 12.1 Å². The molecule has 2 aliphatic rings. The van der Waals surface area contributed by atoms with Crippen molar-refractivity contribution in [2.75, 3.05) is 5.32 Å². The zero-order valence-corrected chi connectivity index (χ0v) is 12.1. The number of imide groups is 2. The van der Waals surface area contributed by atoms with Crippen molar-refractivity contribution in [2.45, 2.75) is 5.60 Å². The van der Waals surface area contributed by atoms with Gasteiger partial charge in [0.15, 0.2) is 11.5 Å². The predicted molar refractivity (Wildman–Crippen MR) is 74.2 cm³/mol. The fraction of sp³-hybridized carbons (Fsp3) is 0.167. The molecule has 22 heavy (non-hydrogen) atoms. The van der Waals surface area contributed by atoms with Crippen LogP contribution in [0.15, 0.2) is 12.1 Å². The minimum atomic E-state index is -2.53. The first-order chi connectivity index (χ1) is 10.2. The topological polar surface area (TPSA) is 125 Å². The van der Waals surface area contributed by atoms with E-state index in [9.17, 15) is 24.3 Å². The minimum Gasteiger partial charge on any atom is -0.374 e. The Morgan fingerprint density at radius 2 is 1.59 bits per heavy atom. The molecule has 1 atom stereocenters. The SMILES string of the molecule is O=C1NC(=O)C([C@@]2(O)C(=O)Nc3c(Cl)cc(Cl)cc32)C(=O)N1. The van der Waals surface area contributed by atoms with Gasteiger partial charge in [-0.3, -0.25) is 25.0 Å². The van der Waals surface area contributed by atoms with Crippen LogP contribution in [0.2, 0.25) is 10.0 Å². The van der Waals surface area contributed by atoms with Gasteiger partial charge in [0, 0.05) is 10.6 Å². The van der Waals surface area contributed by atoms with E-state index in [-0.39, 0.29) is 21.3 Å². The summed E-state index contributed by atoms with van der Waals surface area (Å²) in [6, 6.07) is 1.52. The van der Waals surface area contributed by atoms with Crippen molar-refractivity contribution in [3.8, 4) is 0 Å². The Morgan fingerprint density at radius 1 is 1.00 bits per heavy atom. The van der Waals surface area contributed by atoms with Crippen LogP contribution < -0.4 is 16.0 Å². The molecule has 8 nitrogen and oxygen atoms in total. The third-order valence-electron chi connectivity index (χ3n) is 3.47. The lowest BCUT2D eigenvalue weighted by Crippen LogP contribution is -2.63. The highest BCUT2D eigenvalue weighted by Crippen LogP contribution is 2.46. The average molecular weight is 344 g/mol. The summed E-state index contributed by atoms with van der Waals surface area (Å²) in [5.41, 5.74) is -2.59. The van der Waals surface area contributed by atoms with E-state index in [0.29, 0.717) is 0 Å². The van der Waals surface area contributed by atoms with E-state index in [1.54, 1.807) is 0 Å². The van der Waals surface area contributed by atoms with Crippen LogP contribution in [0.1, 0.15) is 5.56 Å². The summed E-state index contributed by atoms with van der Waals surface area (Å²) in [7, 11) is 0. The number of amides is 5. The molecule has 1 aromatic rings. The first kappa shape index (κ1) is 14.8. The number of anilines is 1. The van der Waals surface area contributed by atoms with Crippen LogP contribution >= 0.6 is 23.2 Å². The van der Waals surface area contributed by atoms with Crippen LogP contribution in [-0.4, -0.2) is 28.9 Å². The van der Waals surface area contributed by atoms with Gasteiger partial charge in [0.2, 0.25) is 11.8 Å². The molecule has 1 saturated heterocycles. The lowest BCUT2D eigenvalue weighted by molar-refractivity contribution is -0.157. The molecule has 0 spiro atoms. The Morgan fingerprint density at radius 3 is 2.18 bits per heavy atom. The monoisotopic (exact) mass is 343 g/mol. The molecule has 2 heterocycles. The normalized spacial score (nSPS) is 24.7. The summed E-state index contributed by atoms with van der Waals surface area (Å²) in [6.07, 6.45) is 0. The molecule has 0 radical (unpaired) electrons. The zero-order chi connectivity index (χ0) is 16.2. The van der Waals surface area contributed by atoms with Gasteiger partial charge in [-0.1, -0.05) is 23.2 Å². The van der Waals surface area contributed by atoms with Crippen LogP contribution in [0.4, 0.5) is 10.5 Å². The van der Waals surface area contributed by atoms with Gasteiger partial charge in [-0.05, 0) is 12.1 Å². The number of barbiturate groups is 1. The maximum absolute atomic E-state index is 12.2. The lowest BCUT2D eigenvalue weighted by atomic mass is 9.80. The third kappa shape index (κ3) is 1.88. The summed E-state index contributed by atoms with van der Waals surface area (Å²) < 4.78 is 0. The van der Waals surface area contributed by atoms with Gasteiger partial charge in [-0.15, -0.1) is 0 Å². The van der Waals surface area contributed by atoms with Crippen LogP contribution in [0.5, 0.6) is 0 Å². The Bertz CT molecular complexity index is 745. The minimum absolute atomic E-state index is 0.0412. The van der Waals surface area contributed by atoms with Crippen molar-refractivity contribution >= 4 is 52.6 Å². The maximum Gasteiger partial charge on any atom is 0.328 e. The molecule has 3 rings (SSSR count).